The van der Waals surface area contributed by atoms with Crippen molar-refractivity contribution in [3.8, 4) is 0 Å². The molecule has 6 heteroatoms. The molecule has 114 valence electrons. The third kappa shape index (κ3) is 4.67. The summed E-state index contributed by atoms with van der Waals surface area (Å²) in [5.41, 5.74) is 1.16. The van der Waals surface area contributed by atoms with Crippen molar-refractivity contribution in [2.24, 2.45) is 0 Å². The van der Waals surface area contributed by atoms with Crippen LogP contribution < -0.4 is 10.6 Å². The minimum Gasteiger partial charge on any atom is -0.481 e. The second kappa shape index (κ2) is 7.36. The lowest BCUT2D eigenvalue weighted by molar-refractivity contribution is -0.136. The van der Waals surface area contributed by atoms with E-state index in [0.717, 1.165) is 19.3 Å². The normalized spacial score (nSPS) is 21.0. The van der Waals surface area contributed by atoms with Crippen molar-refractivity contribution in [3.63, 3.8) is 0 Å². The fourth-order valence-corrected chi connectivity index (χ4v) is 3.38. The molecule has 5 nitrogen and oxygen atoms in total. The number of hydrogen-bond donors (Lipinski definition) is 3. The summed E-state index contributed by atoms with van der Waals surface area (Å²) in [6.45, 7) is 0. The fraction of sp³-hybridized carbons (Fsp3) is 0.467. The maximum absolute atomic E-state index is 12.0. The van der Waals surface area contributed by atoms with E-state index in [4.69, 9.17) is 5.11 Å². The first-order valence-electron chi connectivity index (χ1n) is 6.98. The lowest BCUT2D eigenvalue weighted by atomic mass is 10.1. The van der Waals surface area contributed by atoms with Crippen LogP contribution in [0.4, 0.5) is 10.5 Å². The van der Waals surface area contributed by atoms with E-state index in [1.54, 1.807) is 24.3 Å². The average molecular weight is 308 g/mol. The van der Waals surface area contributed by atoms with Gasteiger partial charge in [0.1, 0.15) is 0 Å². The quantitative estimate of drug-likeness (QED) is 0.781. The number of nitrogens with one attached hydrogen (secondary N) is 2. The molecule has 3 N–H and O–H groups in total. The molecular formula is C15H20N2O3S. The van der Waals surface area contributed by atoms with Gasteiger partial charge in [-0.15, -0.1) is 0 Å². The molecule has 2 amide bonds. The van der Waals surface area contributed by atoms with E-state index in [0.29, 0.717) is 16.5 Å². The van der Waals surface area contributed by atoms with Crippen LogP contribution in [-0.4, -0.2) is 34.7 Å². The second-order valence-corrected chi connectivity index (χ2v) is 6.33. The molecule has 0 aromatic heterocycles. The molecule has 2 atom stereocenters. The van der Waals surface area contributed by atoms with Crippen LogP contribution in [0, 0.1) is 0 Å². The molecule has 0 radical (unpaired) electrons. The lowest BCUT2D eigenvalue weighted by Crippen LogP contribution is -2.36. The number of carbonyl (C=O) groups excluding carboxylic acids is 1. The minimum absolute atomic E-state index is 0.103. The van der Waals surface area contributed by atoms with E-state index in [1.165, 1.54) is 0 Å². The predicted molar refractivity (Wildman–Crippen MR) is 84.9 cm³/mol. The van der Waals surface area contributed by atoms with E-state index in [1.807, 2.05) is 11.8 Å². The predicted octanol–water partition coefficient (Wildman–Crippen LogP) is 2.72. The summed E-state index contributed by atoms with van der Waals surface area (Å²) in [5.74, 6) is -0.914. The first kappa shape index (κ1) is 15.7. The maximum atomic E-state index is 12.0. The molecule has 1 aromatic rings. The number of anilines is 1. The smallest absolute Gasteiger partial charge is 0.319 e. The Hall–Kier alpha value is -1.69. The largest absolute Gasteiger partial charge is 0.481 e. The molecule has 0 bridgehead atoms. The first-order valence-corrected chi connectivity index (χ1v) is 8.27. The molecule has 1 aliphatic rings. The van der Waals surface area contributed by atoms with Crippen molar-refractivity contribution < 1.29 is 14.7 Å². The first-order chi connectivity index (χ1) is 10.1. The van der Waals surface area contributed by atoms with Crippen LogP contribution in [0.25, 0.3) is 0 Å². The summed E-state index contributed by atoms with van der Waals surface area (Å²) < 4.78 is 0. The molecule has 1 aromatic carbocycles. The number of carboxylic acid groups (broad SMARTS) is 1. The lowest BCUT2D eigenvalue weighted by Gasteiger charge is -2.15. The Bertz CT molecular complexity index is 521. The molecule has 21 heavy (non-hydrogen) atoms. The van der Waals surface area contributed by atoms with Crippen LogP contribution in [0.2, 0.25) is 0 Å². The van der Waals surface area contributed by atoms with Crippen molar-refractivity contribution >= 4 is 29.4 Å². The number of rotatable bonds is 5. The van der Waals surface area contributed by atoms with Crippen molar-refractivity contribution in [1.82, 2.24) is 5.32 Å². The van der Waals surface area contributed by atoms with Crippen LogP contribution in [0.1, 0.15) is 24.8 Å². The van der Waals surface area contributed by atoms with E-state index in [2.05, 4.69) is 16.9 Å². The summed E-state index contributed by atoms with van der Waals surface area (Å²) >= 11 is 1.84. The van der Waals surface area contributed by atoms with Crippen LogP contribution in [-0.2, 0) is 11.2 Å². The van der Waals surface area contributed by atoms with E-state index >= 15 is 0 Å². The third-order valence-corrected chi connectivity index (χ3v) is 4.76. The summed E-state index contributed by atoms with van der Waals surface area (Å²) in [5, 5.41) is 15.2. The van der Waals surface area contributed by atoms with E-state index in [9.17, 15) is 9.59 Å². The highest BCUT2D eigenvalue weighted by molar-refractivity contribution is 7.99. The van der Waals surface area contributed by atoms with Crippen LogP contribution in [0.3, 0.4) is 0 Å². The van der Waals surface area contributed by atoms with Gasteiger partial charge in [-0.3, -0.25) is 4.79 Å². The molecule has 0 spiro atoms. The molecule has 0 saturated heterocycles. The highest BCUT2D eigenvalue weighted by Crippen LogP contribution is 2.28. The molecule has 0 aliphatic heterocycles. The zero-order chi connectivity index (χ0) is 15.2. The van der Waals surface area contributed by atoms with Gasteiger partial charge in [0.05, 0.1) is 6.42 Å². The Balaban J connectivity index is 1.92. The highest BCUT2D eigenvalue weighted by atomic mass is 32.2. The maximum Gasteiger partial charge on any atom is 0.319 e. The van der Waals surface area contributed by atoms with Crippen molar-refractivity contribution in [2.75, 3.05) is 11.6 Å². The summed E-state index contributed by atoms with van der Waals surface area (Å²) in [6, 6.07) is 6.91. The number of urea groups is 1. The highest BCUT2D eigenvalue weighted by Gasteiger charge is 2.25. The van der Waals surface area contributed by atoms with Crippen LogP contribution >= 0.6 is 11.8 Å². The average Bonchev–Trinajstić information content (AvgIpc) is 2.88. The Morgan fingerprint density at radius 2 is 2.10 bits per heavy atom. The number of carbonyl (C=O) groups is 2. The monoisotopic (exact) mass is 308 g/mol. The number of amides is 2. The van der Waals surface area contributed by atoms with Crippen molar-refractivity contribution in [1.29, 1.82) is 0 Å². The molecule has 0 heterocycles. The molecule has 1 fully saturated rings. The zero-order valence-electron chi connectivity index (χ0n) is 12.0. The van der Waals surface area contributed by atoms with Gasteiger partial charge in [0.2, 0.25) is 0 Å². The molecule has 1 aliphatic carbocycles. The number of carboxylic acids is 1. The SMILES string of the molecule is CSC1CCC(NC(=O)Nc2ccccc2CC(=O)O)C1. The van der Waals surface area contributed by atoms with Gasteiger partial charge in [0, 0.05) is 17.0 Å². The van der Waals surface area contributed by atoms with Gasteiger partial charge in [-0.1, -0.05) is 18.2 Å². The van der Waals surface area contributed by atoms with Gasteiger partial charge in [-0.2, -0.15) is 11.8 Å². The Labute approximate surface area is 128 Å². The molecule has 2 unspecified atom stereocenters. The number of hydrogen-bond acceptors (Lipinski definition) is 3. The van der Waals surface area contributed by atoms with Crippen molar-refractivity contribution in [3.05, 3.63) is 29.8 Å². The Kier molecular flexibility index (Phi) is 5.50. The summed E-state index contributed by atoms with van der Waals surface area (Å²) in [6.07, 6.45) is 5.10. The number of benzene rings is 1. The van der Waals surface area contributed by atoms with Gasteiger partial charge in [-0.25, -0.2) is 4.79 Å². The summed E-state index contributed by atoms with van der Waals surface area (Å²) in [4.78, 5) is 22.8. The number of para-hydroxylation sites is 1. The topological polar surface area (TPSA) is 78.4 Å². The van der Waals surface area contributed by atoms with Crippen LogP contribution in [0.15, 0.2) is 24.3 Å². The summed E-state index contributed by atoms with van der Waals surface area (Å²) in [7, 11) is 0. The van der Waals surface area contributed by atoms with Crippen molar-refractivity contribution in [2.45, 2.75) is 37.0 Å². The second-order valence-electron chi connectivity index (χ2n) is 5.19. The van der Waals surface area contributed by atoms with E-state index in [-0.39, 0.29) is 18.5 Å². The third-order valence-electron chi connectivity index (χ3n) is 3.66. The molecule has 1 saturated carbocycles. The number of thioether (sulfide) groups is 1. The zero-order valence-corrected chi connectivity index (χ0v) is 12.8. The minimum atomic E-state index is -0.914. The Morgan fingerprint density at radius 1 is 1.33 bits per heavy atom. The standard InChI is InChI=1S/C15H20N2O3S/c1-21-12-7-6-11(9-12)16-15(20)17-13-5-3-2-4-10(13)8-14(18)19/h2-5,11-12H,6-9H2,1H3,(H,18,19)(H2,16,17,20). The van der Waals surface area contributed by atoms with Gasteiger partial charge in [0.15, 0.2) is 0 Å². The Morgan fingerprint density at radius 3 is 2.76 bits per heavy atom. The van der Waals surface area contributed by atoms with E-state index < -0.39 is 5.97 Å². The van der Waals surface area contributed by atoms with Gasteiger partial charge >= 0.3 is 12.0 Å². The van der Waals surface area contributed by atoms with Gasteiger partial charge in [-0.05, 0) is 37.1 Å². The van der Waals surface area contributed by atoms with Crippen LogP contribution in [0.5, 0.6) is 0 Å². The number of aliphatic carboxylic acids is 1. The van der Waals surface area contributed by atoms with Gasteiger partial charge in [0.25, 0.3) is 0 Å². The van der Waals surface area contributed by atoms with Gasteiger partial charge < -0.3 is 15.7 Å². The molecular weight excluding hydrogens is 288 g/mol. The molecule has 2 rings (SSSR count). The fourth-order valence-electron chi connectivity index (χ4n) is 2.59.